The van der Waals surface area contributed by atoms with E-state index in [1.165, 1.54) is 12.6 Å². The van der Waals surface area contributed by atoms with E-state index < -0.39 is 5.54 Å². The fourth-order valence-electron chi connectivity index (χ4n) is 3.11. The van der Waals surface area contributed by atoms with E-state index in [0.717, 1.165) is 31.6 Å². The number of hydrogen-bond donors (Lipinski definition) is 1. The summed E-state index contributed by atoms with van der Waals surface area (Å²) in [7, 11) is 0. The largest absolute Gasteiger partial charge is 0.321 e. The summed E-state index contributed by atoms with van der Waals surface area (Å²) in [5, 5.41) is 0. The summed E-state index contributed by atoms with van der Waals surface area (Å²) >= 11 is 0. The van der Waals surface area contributed by atoms with Crippen LogP contribution in [0.25, 0.3) is 0 Å². The van der Waals surface area contributed by atoms with Crippen LogP contribution in [-0.2, 0) is 5.54 Å². The van der Waals surface area contributed by atoms with Crippen LogP contribution < -0.4 is 5.73 Å². The molecule has 1 aliphatic rings. The van der Waals surface area contributed by atoms with E-state index in [1.54, 1.807) is 12.3 Å². The fraction of sp³-hybridized carbons (Fsp3) is 0.667. The summed E-state index contributed by atoms with van der Waals surface area (Å²) in [5.74, 6) is 1.15. The van der Waals surface area contributed by atoms with Crippen molar-refractivity contribution in [1.82, 2.24) is 4.98 Å². The van der Waals surface area contributed by atoms with Gasteiger partial charge in [0.05, 0.1) is 6.20 Å². The van der Waals surface area contributed by atoms with E-state index in [4.69, 9.17) is 5.73 Å². The van der Waals surface area contributed by atoms with E-state index >= 15 is 0 Å². The molecule has 0 amide bonds. The van der Waals surface area contributed by atoms with E-state index in [9.17, 15) is 4.39 Å². The lowest BCUT2D eigenvalue weighted by molar-refractivity contribution is 0.321. The normalized spacial score (nSPS) is 29.3. The molecule has 1 aliphatic carbocycles. The Kier molecular flexibility index (Phi) is 4.00. The highest BCUT2D eigenvalue weighted by Gasteiger charge is 2.33. The SMILES string of the molecule is CC(C)C1CCCC(N)(c2ccncc2F)CC1. The van der Waals surface area contributed by atoms with Gasteiger partial charge in [-0.15, -0.1) is 0 Å². The number of pyridine rings is 1. The first-order valence-corrected chi connectivity index (χ1v) is 6.92. The molecule has 0 spiro atoms. The molecule has 0 bridgehead atoms. The number of nitrogens with zero attached hydrogens (tertiary/aromatic N) is 1. The zero-order chi connectivity index (χ0) is 13.2. The van der Waals surface area contributed by atoms with Crippen molar-refractivity contribution < 1.29 is 4.39 Å². The lowest BCUT2D eigenvalue weighted by atomic mass is 9.83. The first-order valence-electron chi connectivity index (χ1n) is 6.92. The summed E-state index contributed by atoms with van der Waals surface area (Å²) in [6, 6.07) is 1.74. The number of nitrogens with two attached hydrogens (primary N) is 1. The molecule has 3 heteroatoms. The minimum absolute atomic E-state index is 0.261. The number of halogens is 1. The van der Waals surface area contributed by atoms with Gasteiger partial charge in [0.25, 0.3) is 0 Å². The van der Waals surface area contributed by atoms with Gasteiger partial charge in [0.2, 0.25) is 0 Å². The molecule has 0 aliphatic heterocycles. The van der Waals surface area contributed by atoms with E-state index in [1.807, 2.05) is 0 Å². The maximum Gasteiger partial charge on any atom is 0.146 e. The van der Waals surface area contributed by atoms with Crippen LogP contribution in [0.15, 0.2) is 18.5 Å². The van der Waals surface area contributed by atoms with Crippen LogP contribution in [0.2, 0.25) is 0 Å². The molecule has 1 fully saturated rings. The molecule has 2 nitrogen and oxygen atoms in total. The smallest absolute Gasteiger partial charge is 0.146 e. The van der Waals surface area contributed by atoms with Gasteiger partial charge in [0.15, 0.2) is 0 Å². The topological polar surface area (TPSA) is 38.9 Å². The predicted octanol–water partition coefficient (Wildman–Crippen LogP) is 3.61. The van der Waals surface area contributed by atoms with Crippen molar-refractivity contribution in [2.24, 2.45) is 17.6 Å². The Morgan fingerprint density at radius 3 is 2.83 bits per heavy atom. The first kappa shape index (κ1) is 13.5. The first-order chi connectivity index (χ1) is 8.53. The Balaban J connectivity index is 2.19. The van der Waals surface area contributed by atoms with Gasteiger partial charge in [0, 0.05) is 17.3 Å². The third-order valence-electron chi connectivity index (χ3n) is 4.41. The van der Waals surface area contributed by atoms with Gasteiger partial charge >= 0.3 is 0 Å². The number of hydrogen-bond acceptors (Lipinski definition) is 2. The summed E-state index contributed by atoms with van der Waals surface area (Å²) in [6.07, 6.45) is 8.04. The lowest BCUT2D eigenvalue weighted by Gasteiger charge is -2.29. The van der Waals surface area contributed by atoms with E-state index in [2.05, 4.69) is 18.8 Å². The standard InChI is InChI=1S/C15H23FN2/c1-11(2)12-4-3-7-15(17,8-5-12)13-6-9-18-10-14(13)16/h6,9-12H,3-5,7-8,17H2,1-2H3. The van der Waals surface area contributed by atoms with Crippen LogP contribution in [0.4, 0.5) is 4.39 Å². The molecule has 0 radical (unpaired) electrons. The van der Waals surface area contributed by atoms with E-state index in [0.29, 0.717) is 11.5 Å². The van der Waals surface area contributed by atoms with E-state index in [-0.39, 0.29) is 5.82 Å². The molecule has 1 aromatic heterocycles. The fourth-order valence-corrected chi connectivity index (χ4v) is 3.11. The lowest BCUT2D eigenvalue weighted by Crippen LogP contribution is -2.37. The number of aromatic nitrogens is 1. The molecule has 2 N–H and O–H groups in total. The van der Waals surface area contributed by atoms with Crippen molar-refractivity contribution in [2.75, 3.05) is 0 Å². The van der Waals surface area contributed by atoms with Gasteiger partial charge in [-0.05, 0) is 37.2 Å². The summed E-state index contributed by atoms with van der Waals surface area (Å²) in [5.41, 5.74) is 6.61. The average Bonchev–Trinajstić information content (AvgIpc) is 2.52. The van der Waals surface area contributed by atoms with Crippen molar-refractivity contribution >= 4 is 0 Å². The van der Waals surface area contributed by atoms with Crippen LogP contribution in [0.5, 0.6) is 0 Å². The van der Waals surface area contributed by atoms with Gasteiger partial charge in [-0.2, -0.15) is 0 Å². The minimum atomic E-state index is -0.503. The van der Waals surface area contributed by atoms with Crippen LogP contribution in [-0.4, -0.2) is 4.98 Å². The van der Waals surface area contributed by atoms with Gasteiger partial charge < -0.3 is 5.73 Å². The van der Waals surface area contributed by atoms with Crippen molar-refractivity contribution in [1.29, 1.82) is 0 Å². The van der Waals surface area contributed by atoms with Crippen molar-refractivity contribution in [3.63, 3.8) is 0 Å². The van der Waals surface area contributed by atoms with Gasteiger partial charge in [0.1, 0.15) is 5.82 Å². The molecule has 2 rings (SSSR count). The molecule has 1 aromatic rings. The second-order valence-corrected chi connectivity index (χ2v) is 5.95. The second kappa shape index (κ2) is 5.35. The predicted molar refractivity (Wildman–Crippen MR) is 71.5 cm³/mol. The molecule has 2 unspecified atom stereocenters. The third-order valence-corrected chi connectivity index (χ3v) is 4.41. The Hall–Kier alpha value is -0.960. The quantitative estimate of drug-likeness (QED) is 0.814. The Morgan fingerprint density at radius 1 is 1.39 bits per heavy atom. The van der Waals surface area contributed by atoms with Crippen molar-refractivity contribution in [3.8, 4) is 0 Å². The maximum atomic E-state index is 13.9. The molecule has 1 saturated carbocycles. The van der Waals surface area contributed by atoms with Gasteiger partial charge in [-0.3, -0.25) is 4.98 Å². The van der Waals surface area contributed by atoms with Crippen LogP contribution in [0, 0.1) is 17.7 Å². The minimum Gasteiger partial charge on any atom is -0.321 e. The Labute approximate surface area is 109 Å². The van der Waals surface area contributed by atoms with Crippen LogP contribution in [0.3, 0.4) is 0 Å². The molecule has 2 atom stereocenters. The highest BCUT2D eigenvalue weighted by atomic mass is 19.1. The highest BCUT2D eigenvalue weighted by Crippen LogP contribution is 2.38. The average molecular weight is 250 g/mol. The van der Waals surface area contributed by atoms with Crippen LogP contribution >= 0.6 is 0 Å². The molecule has 0 aromatic carbocycles. The highest BCUT2D eigenvalue weighted by molar-refractivity contribution is 5.23. The molecule has 0 saturated heterocycles. The molecule has 100 valence electrons. The summed E-state index contributed by atoms with van der Waals surface area (Å²) in [6.45, 7) is 4.53. The van der Waals surface area contributed by atoms with Crippen molar-refractivity contribution in [2.45, 2.75) is 51.5 Å². The summed E-state index contributed by atoms with van der Waals surface area (Å²) in [4.78, 5) is 3.81. The second-order valence-electron chi connectivity index (χ2n) is 5.95. The molecule has 18 heavy (non-hydrogen) atoms. The zero-order valence-electron chi connectivity index (χ0n) is 11.3. The van der Waals surface area contributed by atoms with Gasteiger partial charge in [-0.1, -0.05) is 26.7 Å². The third kappa shape index (κ3) is 2.72. The Morgan fingerprint density at radius 2 is 2.17 bits per heavy atom. The maximum absolute atomic E-state index is 13.9. The summed E-state index contributed by atoms with van der Waals surface area (Å²) < 4.78 is 13.9. The van der Waals surface area contributed by atoms with Crippen LogP contribution in [0.1, 0.15) is 51.5 Å². The monoisotopic (exact) mass is 250 g/mol. The Bertz CT molecular complexity index is 405. The van der Waals surface area contributed by atoms with Gasteiger partial charge in [-0.25, -0.2) is 4.39 Å². The van der Waals surface area contributed by atoms with Crippen molar-refractivity contribution in [3.05, 3.63) is 29.8 Å². The zero-order valence-corrected chi connectivity index (χ0v) is 11.3. The molecular weight excluding hydrogens is 227 g/mol. The molecule has 1 heterocycles. The number of rotatable bonds is 2. The molecular formula is C15H23FN2.